The fourth-order valence-corrected chi connectivity index (χ4v) is 8.30. The first-order valence-electron chi connectivity index (χ1n) is 5.51. The Hall–Kier alpha value is -0.0131. The molecule has 0 saturated carbocycles. The van der Waals surface area contributed by atoms with Crippen molar-refractivity contribution in [3.63, 3.8) is 0 Å². The van der Waals surface area contributed by atoms with Gasteiger partial charge in [-0.15, -0.1) is 0 Å². The molecule has 2 aliphatic rings. The molecule has 0 aromatic heterocycles. The van der Waals surface area contributed by atoms with Gasteiger partial charge in [0, 0.05) is 5.54 Å². The Kier molecular flexibility index (Phi) is 2.43. The maximum atomic E-state index is 6.80. The number of allylic oxidation sites excluding steroid dienone is 4. The lowest BCUT2D eigenvalue weighted by Crippen LogP contribution is -2.41. The fraction of sp³-hybridized carbons (Fsp3) is 0.667. The van der Waals surface area contributed by atoms with Gasteiger partial charge in [0.15, 0.2) is 7.38 Å². The van der Waals surface area contributed by atoms with Gasteiger partial charge in [-0.25, -0.2) is 0 Å². The summed E-state index contributed by atoms with van der Waals surface area (Å²) in [5, 5.41) is 0. The topological polar surface area (TPSA) is 0 Å². The zero-order valence-electron chi connectivity index (χ0n) is 9.58. The molecule has 78 valence electrons. The van der Waals surface area contributed by atoms with Gasteiger partial charge in [0.25, 0.3) is 0 Å². The van der Waals surface area contributed by atoms with E-state index in [2.05, 4.69) is 27.7 Å². The summed E-state index contributed by atoms with van der Waals surface area (Å²) >= 11 is 6.80. The lowest BCUT2D eigenvalue weighted by Gasteiger charge is -2.40. The minimum Gasteiger partial charge on any atom is -0.166 e. The van der Waals surface area contributed by atoms with E-state index in [1.807, 2.05) is 0 Å². The van der Waals surface area contributed by atoms with Crippen LogP contribution in [-0.4, -0.2) is 7.38 Å². The van der Waals surface area contributed by atoms with E-state index in [-0.39, 0.29) is 0 Å². The summed E-state index contributed by atoms with van der Waals surface area (Å²) in [6.07, 6.45) is 1.37. The van der Waals surface area contributed by atoms with E-state index in [1.54, 1.807) is 11.1 Å². The molecule has 0 spiro atoms. The quantitative estimate of drug-likeness (QED) is 0.452. The molecule has 0 unspecified atom stereocenters. The van der Waals surface area contributed by atoms with Crippen LogP contribution in [0.5, 0.6) is 0 Å². The molecule has 0 aromatic rings. The van der Waals surface area contributed by atoms with E-state index in [4.69, 9.17) is 11.1 Å². The van der Waals surface area contributed by atoms with Crippen molar-refractivity contribution in [1.29, 1.82) is 0 Å². The Morgan fingerprint density at radius 1 is 1.00 bits per heavy atom. The molecule has 1 heterocycles. The van der Waals surface area contributed by atoms with Crippen LogP contribution in [0.15, 0.2) is 22.3 Å². The monoisotopic (exact) mass is 226 g/mol. The van der Waals surface area contributed by atoms with E-state index < -0.39 is 7.38 Å². The van der Waals surface area contributed by atoms with E-state index in [1.165, 1.54) is 29.7 Å². The van der Waals surface area contributed by atoms with Crippen LogP contribution in [0, 0.1) is 0 Å². The smallest absolute Gasteiger partial charge is 0.166 e. The number of rotatable bonds is 1. The average Bonchev–Trinajstić information content (AvgIpc) is 2.28. The van der Waals surface area contributed by atoms with Crippen LogP contribution < -0.4 is 0 Å². The molecular formula is C12H19ClSi. The fourth-order valence-electron chi connectivity index (χ4n) is 2.93. The summed E-state index contributed by atoms with van der Waals surface area (Å²) in [4.78, 5) is 0. The largest absolute Gasteiger partial charge is 0.167 e. The molecule has 0 aromatic carbocycles. The van der Waals surface area contributed by atoms with Crippen molar-refractivity contribution in [3.8, 4) is 0 Å². The van der Waals surface area contributed by atoms with E-state index in [0.29, 0.717) is 5.54 Å². The molecule has 0 nitrogen and oxygen atoms in total. The van der Waals surface area contributed by atoms with Gasteiger partial charge >= 0.3 is 0 Å². The van der Waals surface area contributed by atoms with E-state index in [0.717, 1.165) is 0 Å². The van der Waals surface area contributed by atoms with Crippen molar-refractivity contribution in [2.75, 3.05) is 0 Å². The van der Waals surface area contributed by atoms with Crippen molar-refractivity contribution in [1.82, 2.24) is 0 Å². The van der Waals surface area contributed by atoms with Gasteiger partial charge in [0.05, 0.1) is 0 Å². The Morgan fingerprint density at radius 3 is 1.71 bits per heavy atom. The predicted molar refractivity (Wildman–Crippen MR) is 66.3 cm³/mol. The second kappa shape index (κ2) is 3.24. The van der Waals surface area contributed by atoms with Crippen molar-refractivity contribution >= 4 is 18.5 Å². The van der Waals surface area contributed by atoms with Crippen LogP contribution >= 0.6 is 11.1 Å². The zero-order chi connectivity index (χ0) is 10.5. The minimum absolute atomic E-state index is 0.665. The lowest BCUT2D eigenvalue weighted by molar-refractivity contribution is 0.872. The van der Waals surface area contributed by atoms with Gasteiger partial charge in [-0.3, -0.25) is 0 Å². The van der Waals surface area contributed by atoms with E-state index >= 15 is 0 Å². The van der Waals surface area contributed by atoms with E-state index in [9.17, 15) is 0 Å². The summed E-state index contributed by atoms with van der Waals surface area (Å²) < 4.78 is 0. The highest BCUT2D eigenvalue weighted by molar-refractivity contribution is 7.23. The molecule has 14 heavy (non-hydrogen) atoms. The summed E-state index contributed by atoms with van der Waals surface area (Å²) in [7, 11) is -1.42. The normalized spacial score (nSPS) is 27.2. The third kappa shape index (κ3) is 1.25. The van der Waals surface area contributed by atoms with Crippen molar-refractivity contribution < 1.29 is 0 Å². The molecule has 1 aliphatic heterocycles. The molecule has 2 rings (SSSR count). The zero-order valence-corrected chi connectivity index (χ0v) is 11.3. The van der Waals surface area contributed by atoms with Crippen LogP contribution in [0.1, 0.15) is 34.1 Å². The third-order valence-electron chi connectivity index (χ3n) is 4.31. The Bertz CT molecular complexity index is 310. The average molecular weight is 227 g/mol. The van der Waals surface area contributed by atoms with Crippen LogP contribution in [-0.2, 0) is 0 Å². The van der Waals surface area contributed by atoms with Crippen LogP contribution in [0.3, 0.4) is 0 Å². The summed E-state index contributed by atoms with van der Waals surface area (Å²) in [5.41, 5.74) is 6.82. The highest BCUT2D eigenvalue weighted by Crippen LogP contribution is 2.55. The molecule has 1 saturated heterocycles. The van der Waals surface area contributed by atoms with Gasteiger partial charge < -0.3 is 0 Å². The maximum Gasteiger partial charge on any atom is 0.167 e. The number of hydrogen-bond acceptors (Lipinski definition) is 0. The van der Waals surface area contributed by atoms with Gasteiger partial charge in [-0.1, -0.05) is 17.6 Å². The lowest BCUT2D eigenvalue weighted by atomic mass is 10.1. The van der Waals surface area contributed by atoms with Crippen molar-refractivity contribution in [3.05, 3.63) is 22.3 Å². The first-order valence-corrected chi connectivity index (χ1v) is 9.02. The minimum atomic E-state index is -1.42. The number of hydrogen-bond donors (Lipinski definition) is 0. The highest BCUT2D eigenvalue weighted by atomic mass is 35.6. The van der Waals surface area contributed by atoms with Gasteiger partial charge in [0.2, 0.25) is 0 Å². The summed E-state index contributed by atoms with van der Waals surface area (Å²) in [5.74, 6) is 0. The Morgan fingerprint density at radius 2 is 1.43 bits per heavy atom. The van der Waals surface area contributed by atoms with Gasteiger partial charge in [-0.05, 0) is 50.9 Å². The standard InChI is InChI=1S/C12H19ClSi/c1-8-9(2)11(4)12(10(8)3)14(13)6-5-7-14/h12H,5-7H2,1-4H3. The Balaban J connectivity index is 2.38. The van der Waals surface area contributed by atoms with Crippen molar-refractivity contribution in [2.24, 2.45) is 0 Å². The summed E-state index contributed by atoms with van der Waals surface area (Å²) in [6.45, 7) is 9.08. The molecule has 0 atom stereocenters. The SMILES string of the molecule is CC1=C(C)C([Si]2(Cl)CCC2)C(C)=C1C. The summed E-state index contributed by atoms with van der Waals surface area (Å²) in [6, 6.07) is 2.66. The van der Waals surface area contributed by atoms with Gasteiger partial charge in [0.1, 0.15) is 0 Å². The van der Waals surface area contributed by atoms with Crippen LogP contribution in [0.4, 0.5) is 0 Å². The highest BCUT2D eigenvalue weighted by Gasteiger charge is 2.48. The third-order valence-corrected chi connectivity index (χ3v) is 10.4. The molecule has 0 bridgehead atoms. The van der Waals surface area contributed by atoms with Crippen LogP contribution in [0.25, 0.3) is 0 Å². The molecule has 1 aliphatic carbocycles. The molecular weight excluding hydrogens is 208 g/mol. The molecule has 2 heteroatoms. The first kappa shape index (κ1) is 10.5. The number of halogens is 1. The van der Waals surface area contributed by atoms with Gasteiger partial charge in [-0.2, -0.15) is 11.1 Å². The molecule has 0 radical (unpaired) electrons. The van der Waals surface area contributed by atoms with Crippen LogP contribution in [0.2, 0.25) is 17.6 Å². The first-order chi connectivity index (χ1) is 6.47. The Labute approximate surface area is 92.8 Å². The molecule has 1 fully saturated rings. The van der Waals surface area contributed by atoms with Crippen molar-refractivity contribution in [2.45, 2.75) is 51.7 Å². The second-order valence-corrected chi connectivity index (χ2v) is 10.8. The second-order valence-electron chi connectivity index (χ2n) is 4.94. The maximum absolute atomic E-state index is 6.80. The molecule has 0 N–H and O–H groups in total. The predicted octanol–water partition coefficient (Wildman–Crippen LogP) is 4.63. The molecule has 0 amide bonds.